The summed E-state index contributed by atoms with van der Waals surface area (Å²) in [5.41, 5.74) is 0.343. The first-order valence-corrected chi connectivity index (χ1v) is 8.97. The van der Waals surface area contributed by atoms with E-state index in [0.29, 0.717) is 30.1 Å². The van der Waals surface area contributed by atoms with Gasteiger partial charge in [-0.15, -0.1) is 0 Å². The molecule has 1 aromatic rings. The molecule has 1 aliphatic carbocycles. The Kier molecular flexibility index (Phi) is 7.14. The number of benzene rings is 1. The summed E-state index contributed by atoms with van der Waals surface area (Å²) in [5.74, 6) is 0.445. The van der Waals surface area contributed by atoms with Gasteiger partial charge in [-0.05, 0) is 42.9 Å². The summed E-state index contributed by atoms with van der Waals surface area (Å²) in [4.78, 5) is 5.17. The van der Waals surface area contributed by atoms with Crippen LogP contribution in [0.5, 0.6) is 0 Å². The van der Waals surface area contributed by atoms with Crippen molar-refractivity contribution in [2.45, 2.75) is 71.1 Å². The lowest BCUT2D eigenvalue weighted by Crippen LogP contribution is -2.15. The van der Waals surface area contributed by atoms with Crippen LogP contribution >= 0.6 is 0 Å². The summed E-state index contributed by atoms with van der Waals surface area (Å²) in [7, 11) is 0. The van der Waals surface area contributed by atoms with Crippen molar-refractivity contribution in [1.82, 2.24) is 0 Å². The average Bonchev–Trinajstić information content (AvgIpc) is 2.61. The van der Waals surface area contributed by atoms with Gasteiger partial charge >= 0.3 is 6.18 Å². The fourth-order valence-corrected chi connectivity index (χ4v) is 3.25. The van der Waals surface area contributed by atoms with Crippen LogP contribution in [-0.4, -0.2) is 12.5 Å². The predicted octanol–water partition coefficient (Wildman–Crippen LogP) is 6.03. The van der Waals surface area contributed by atoms with Crippen LogP contribution in [0.15, 0.2) is 23.4 Å². The van der Waals surface area contributed by atoms with Crippen LogP contribution in [-0.2, 0) is 22.4 Å². The number of alkyl halides is 3. The normalized spacial score (nSPS) is 16.8. The predicted molar refractivity (Wildman–Crippen MR) is 91.4 cm³/mol. The third-order valence-electron chi connectivity index (χ3n) is 4.48. The number of hydrogen-bond acceptors (Lipinski definition) is 3. The van der Waals surface area contributed by atoms with Crippen molar-refractivity contribution < 1.29 is 22.7 Å². The molecule has 1 fully saturated rings. The Labute approximate surface area is 147 Å². The van der Waals surface area contributed by atoms with Crippen LogP contribution in [0.2, 0.25) is 0 Å². The molecule has 0 unspecified atom stereocenters. The molecule has 0 spiro atoms. The smallest absolute Gasteiger partial charge is 0.416 e. The zero-order valence-electron chi connectivity index (χ0n) is 14.9. The molecule has 1 saturated carbocycles. The molecule has 0 aromatic heterocycles. The SMILES string of the molecule is CCO/C(CC)=N\OCc1ccc(C2CCCCC2)c(C(F)(F)F)c1. The Balaban J connectivity index is 2.15. The van der Waals surface area contributed by atoms with Gasteiger partial charge in [0.1, 0.15) is 6.61 Å². The third-order valence-corrected chi connectivity index (χ3v) is 4.48. The van der Waals surface area contributed by atoms with E-state index in [9.17, 15) is 13.2 Å². The van der Waals surface area contributed by atoms with Gasteiger partial charge in [-0.25, -0.2) is 0 Å². The van der Waals surface area contributed by atoms with Gasteiger partial charge in [0.25, 0.3) is 0 Å². The van der Waals surface area contributed by atoms with Gasteiger partial charge in [0.15, 0.2) is 0 Å². The van der Waals surface area contributed by atoms with Gasteiger partial charge in [-0.1, -0.05) is 43.5 Å². The third kappa shape index (κ3) is 5.65. The highest BCUT2D eigenvalue weighted by atomic mass is 19.4. The minimum atomic E-state index is -4.36. The van der Waals surface area contributed by atoms with Crippen LogP contribution in [0.3, 0.4) is 0 Å². The van der Waals surface area contributed by atoms with E-state index in [2.05, 4.69) is 5.16 Å². The largest absolute Gasteiger partial charge is 0.479 e. The Bertz CT molecular complexity index is 579. The second kappa shape index (κ2) is 9.11. The van der Waals surface area contributed by atoms with Gasteiger partial charge in [-0.2, -0.15) is 13.2 Å². The summed E-state index contributed by atoms with van der Waals surface area (Å²) in [6.45, 7) is 4.18. The maximum absolute atomic E-state index is 13.5. The minimum Gasteiger partial charge on any atom is -0.479 e. The van der Waals surface area contributed by atoms with Crippen LogP contribution in [0.4, 0.5) is 13.2 Å². The molecule has 1 aliphatic rings. The number of halogens is 3. The number of nitrogens with zero attached hydrogens (tertiary/aromatic N) is 1. The van der Waals surface area contributed by atoms with Crippen molar-refractivity contribution in [2.24, 2.45) is 5.16 Å². The van der Waals surface area contributed by atoms with Crippen molar-refractivity contribution in [1.29, 1.82) is 0 Å². The molecular weight excluding hydrogens is 331 g/mol. The molecule has 6 heteroatoms. The lowest BCUT2D eigenvalue weighted by Gasteiger charge is -2.25. The Morgan fingerprint density at radius 3 is 2.48 bits per heavy atom. The highest BCUT2D eigenvalue weighted by Gasteiger charge is 2.35. The van der Waals surface area contributed by atoms with Gasteiger partial charge in [0.2, 0.25) is 5.90 Å². The number of hydrogen-bond donors (Lipinski definition) is 0. The van der Waals surface area contributed by atoms with Crippen LogP contribution in [0.25, 0.3) is 0 Å². The van der Waals surface area contributed by atoms with E-state index >= 15 is 0 Å². The van der Waals surface area contributed by atoms with E-state index in [-0.39, 0.29) is 12.5 Å². The first kappa shape index (κ1) is 19.6. The van der Waals surface area contributed by atoms with Crippen LogP contribution < -0.4 is 0 Å². The van der Waals surface area contributed by atoms with E-state index in [4.69, 9.17) is 9.57 Å². The number of rotatable bonds is 6. The molecule has 3 nitrogen and oxygen atoms in total. The lowest BCUT2D eigenvalue weighted by atomic mass is 9.81. The second-order valence-electron chi connectivity index (χ2n) is 6.30. The number of oxime groups is 1. The van der Waals surface area contributed by atoms with Gasteiger partial charge in [-0.3, -0.25) is 0 Å². The standard InChI is InChI=1S/C19H26F3NO2/c1-3-18(24-4-2)23-25-13-14-10-11-16(15-8-6-5-7-9-15)17(12-14)19(20,21)22/h10-12,15H,3-9,13H2,1-2H3/b23-18-. The maximum atomic E-state index is 13.5. The zero-order valence-corrected chi connectivity index (χ0v) is 14.9. The summed E-state index contributed by atoms with van der Waals surface area (Å²) in [6, 6.07) is 4.53. The molecule has 0 aliphatic heterocycles. The van der Waals surface area contributed by atoms with E-state index < -0.39 is 11.7 Å². The highest BCUT2D eigenvalue weighted by molar-refractivity contribution is 5.75. The summed E-state index contributed by atoms with van der Waals surface area (Å²) in [6.07, 6.45) is 0.988. The van der Waals surface area contributed by atoms with E-state index in [1.807, 2.05) is 13.8 Å². The first-order valence-electron chi connectivity index (χ1n) is 8.97. The highest BCUT2D eigenvalue weighted by Crippen LogP contribution is 2.41. The minimum absolute atomic E-state index is 0.00279. The molecule has 0 radical (unpaired) electrons. The van der Waals surface area contributed by atoms with Crippen LogP contribution in [0, 0.1) is 0 Å². The van der Waals surface area contributed by atoms with Crippen molar-refractivity contribution in [3.63, 3.8) is 0 Å². The molecule has 0 bridgehead atoms. The van der Waals surface area contributed by atoms with Crippen molar-refractivity contribution in [2.75, 3.05) is 6.61 Å². The zero-order chi connectivity index (χ0) is 18.3. The molecule has 140 valence electrons. The summed E-state index contributed by atoms with van der Waals surface area (Å²) < 4.78 is 45.8. The topological polar surface area (TPSA) is 30.8 Å². The summed E-state index contributed by atoms with van der Waals surface area (Å²) in [5, 5.41) is 3.84. The maximum Gasteiger partial charge on any atom is 0.416 e. The molecular formula is C19H26F3NO2. The average molecular weight is 357 g/mol. The molecule has 0 saturated heterocycles. The van der Waals surface area contributed by atoms with Crippen molar-refractivity contribution in [3.05, 3.63) is 34.9 Å². The second-order valence-corrected chi connectivity index (χ2v) is 6.30. The Morgan fingerprint density at radius 2 is 1.88 bits per heavy atom. The quantitative estimate of drug-likeness (QED) is 0.353. The van der Waals surface area contributed by atoms with Gasteiger partial charge in [0, 0.05) is 6.42 Å². The molecule has 0 N–H and O–H groups in total. The molecule has 25 heavy (non-hydrogen) atoms. The van der Waals surface area contributed by atoms with E-state index in [1.54, 1.807) is 12.1 Å². The van der Waals surface area contributed by atoms with Gasteiger partial charge < -0.3 is 9.57 Å². The van der Waals surface area contributed by atoms with E-state index in [1.165, 1.54) is 6.07 Å². The van der Waals surface area contributed by atoms with Crippen molar-refractivity contribution in [3.8, 4) is 0 Å². The van der Waals surface area contributed by atoms with Crippen molar-refractivity contribution >= 4 is 5.90 Å². The monoisotopic (exact) mass is 357 g/mol. The molecule has 2 rings (SSSR count). The molecule has 0 amide bonds. The fourth-order valence-electron chi connectivity index (χ4n) is 3.25. The lowest BCUT2D eigenvalue weighted by molar-refractivity contribution is -0.138. The number of ether oxygens (including phenoxy) is 1. The van der Waals surface area contributed by atoms with Gasteiger partial charge in [0.05, 0.1) is 12.2 Å². The molecule has 1 aromatic carbocycles. The fraction of sp³-hybridized carbons (Fsp3) is 0.632. The first-order chi connectivity index (χ1) is 12.0. The Morgan fingerprint density at radius 1 is 1.16 bits per heavy atom. The summed E-state index contributed by atoms with van der Waals surface area (Å²) >= 11 is 0. The Hall–Kier alpha value is -1.72. The van der Waals surface area contributed by atoms with E-state index in [0.717, 1.165) is 32.1 Å². The molecule has 0 atom stereocenters. The van der Waals surface area contributed by atoms with Crippen LogP contribution in [0.1, 0.15) is 75.0 Å². The molecule has 0 heterocycles.